The molecule has 7 heteroatoms. The lowest BCUT2D eigenvalue weighted by atomic mass is 9.86. The summed E-state index contributed by atoms with van der Waals surface area (Å²) in [4.78, 5) is 35.1. The molecule has 0 saturated carbocycles. The highest BCUT2D eigenvalue weighted by Gasteiger charge is 2.25. The molecule has 2 N–H and O–H groups in total. The van der Waals surface area contributed by atoms with Gasteiger partial charge in [-0.1, -0.05) is 59.7 Å². The predicted molar refractivity (Wildman–Crippen MR) is 142 cm³/mol. The highest BCUT2D eigenvalue weighted by molar-refractivity contribution is 5.97. The van der Waals surface area contributed by atoms with E-state index in [2.05, 4.69) is 53.1 Å². The summed E-state index contributed by atoms with van der Waals surface area (Å²) < 4.78 is 0. The third-order valence-electron chi connectivity index (χ3n) is 6.67. The van der Waals surface area contributed by atoms with Gasteiger partial charge in [-0.3, -0.25) is 9.59 Å². The van der Waals surface area contributed by atoms with Gasteiger partial charge in [0, 0.05) is 44.5 Å². The second-order valence-electron chi connectivity index (χ2n) is 10.7. The van der Waals surface area contributed by atoms with Gasteiger partial charge in [0.15, 0.2) is 0 Å². The Morgan fingerprint density at radius 3 is 2.17 bits per heavy atom. The van der Waals surface area contributed by atoms with Crippen molar-refractivity contribution in [2.75, 3.05) is 37.6 Å². The maximum Gasteiger partial charge on any atom is 0.251 e. The fraction of sp³-hybridized carbons (Fsp3) is 0.536. The molecule has 2 aromatic rings. The van der Waals surface area contributed by atoms with Crippen LogP contribution in [0.2, 0.25) is 0 Å². The van der Waals surface area contributed by atoms with Gasteiger partial charge in [0.05, 0.1) is 0 Å². The maximum atomic E-state index is 12.9. The van der Waals surface area contributed by atoms with Crippen molar-refractivity contribution in [3.05, 3.63) is 59.3 Å². The van der Waals surface area contributed by atoms with Crippen molar-refractivity contribution in [3.8, 4) is 0 Å². The molecule has 2 amide bonds. The molecule has 1 aromatic heterocycles. The van der Waals surface area contributed by atoms with Crippen molar-refractivity contribution in [1.82, 2.24) is 20.5 Å². The van der Waals surface area contributed by atoms with Crippen LogP contribution < -0.4 is 15.5 Å². The van der Waals surface area contributed by atoms with Gasteiger partial charge < -0.3 is 20.4 Å². The highest BCUT2D eigenvalue weighted by Crippen LogP contribution is 2.22. The van der Waals surface area contributed by atoms with Crippen molar-refractivity contribution in [2.24, 2.45) is 5.92 Å². The molecule has 1 unspecified atom stereocenters. The number of pyridine rings is 1. The maximum absolute atomic E-state index is 12.9. The van der Waals surface area contributed by atoms with Crippen molar-refractivity contribution >= 4 is 17.6 Å². The number of piperazine rings is 1. The number of benzene rings is 1. The lowest BCUT2D eigenvalue weighted by Crippen LogP contribution is -2.49. The van der Waals surface area contributed by atoms with E-state index in [0.717, 1.165) is 49.7 Å². The fourth-order valence-corrected chi connectivity index (χ4v) is 4.18. The quantitative estimate of drug-likeness (QED) is 0.605. The second-order valence-corrected chi connectivity index (χ2v) is 10.7. The molecule has 0 spiro atoms. The first-order chi connectivity index (χ1) is 16.6. The third kappa shape index (κ3) is 7.28. The van der Waals surface area contributed by atoms with Crippen LogP contribution in [-0.4, -0.2) is 60.5 Å². The number of nitrogens with zero attached hydrogens (tertiary/aromatic N) is 3. The molecule has 35 heavy (non-hydrogen) atoms. The van der Waals surface area contributed by atoms with E-state index in [1.807, 2.05) is 56.4 Å². The SMILES string of the molecule is CCN1CCN(c2ccc(CNC(=O)C(NC(=O)c3ccc(C(C)(C)C)cc3)C(C)C)cn2)CC1. The monoisotopic (exact) mass is 479 g/mol. The van der Waals surface area contributed by atoms with Gasteiger partial charge >= 0.3 is 0 Å². The topological polar surface area (TPSA) is 77.6 Å². The lowest BCUT2D eigenvalue weighted by Gasteiger charge is -2.34. The predicted octanol–water partition coefficient (Wildman–Crippen LogP) is 3.59. The zero-order valence-corrected chi connectivity index (χ0v) is 22.1. The average Bonchev–Trinajstić information content (AvgIpc) is 2.85. The Morgan fingerprint density at radius 2 is 1.66 bits per heavy atom. The Hall–Kier alpha value is -2.93. The molecule has 0 radical (unpaired) electrons. The summed E-state index contributed by atoms with van der Waals surface area (Å²) in [6, 6.07) is 11.0. The van der Waals surface area contributed by atoms with Gasteiger partial charge in [-0.25, -0.2) is 4.98 Å². The third-order valence-corrected chi connectivity index (χ3v) is 6.67. The lowest BCUT2D eigenvalue weighted by molar-refractivity contribution is -0.124. The molecule has 7 nitrogen and oxygen atoms in total. The Morgan fingerprint density at radius 1 is 1.00 bits per heavy atom. The van der Waals surface area contributed by atoms with Crippen molar-refractivity contribution in [1.29, 1.82) is 0 Å². The van der Waals surface area contributed by atoms with E-state index in [1.165, 1.54) is 0 Å². The van der Waals surface area contributed by atoms with Crippen molar-refractivity contribution in [2.45, 2.75) is 59.5 Å². The number of nitrogens with one attached hydrogen (secondary N) is 2. The number of amides is 2. The number of rotatable bonds is 8. The van der Waals surface area contributed by atoms with Crippen LogP contribution in [0.3, 0.4) is 0 Å². The molecule has 1 saturated heterocycles. The molecule has 1 aliphatic heterocycles. The van der Waals surface area contributed by atoms with Crippen LogP contribution in [0.4, 0.5) is 5.82 Å². The van der Waals surface area contributed by atoms with Gasteiger partial charge in [-0.2, -0.15) is 0 Å². The molecular weight excluding hydrogens is 438 g/mol. The molecule has 1 aliphatic rings. The van der Waals surface area contributed by atoms with Gasteiger partial charge in [0.25, 0.3) is 5.91 Å². The van der Waals surface area contributed by atoms with Gasteiger partial charge in [-0.15, -0.1) is 0 Å². The van der Waals surface area contributed by atoms with E-state index in [4.69, 9.17) is 0 Å². The summed E-state index contributed by atoms with van der Waals surface area (Å²) in [5.74, 6) is 0.489. The number of hydrogen-bond acceptors (Lipinski definition) is 5. The number of anilines is 1. The van der Waals surface area contributed by atoms with E-state index in [0.29, 0.717) is 12.1 Å². The van der Waals surface area contributed by atoms with E-state index >= 15 is 0 Å². The van der Waals surface area contributed by atoms with Crippen molar-refractivity contribution < 1.29 is 9.59 Å². The zero-order chi connectivity index (χ0) is 25.6. The van der Waals surface area contributed by atoms with E-state index in [9.17, 15) is 9.59 Å². The molecular formula is C28H41N5O2. The van der Waals surface area contributed by atoms with Crippen molar-refractivity contribution in [3.63, 3.8) is 0 Å². The summed E-state index contributed by atoms with van der Waals surface area (Å²) in [5, 5.41) is 5.87. The highest BCUT2D eigenvalue weighted by atomic mass is 16.2. The Bertz CT molecular complexity index is 972. The molecule has 2 heterocycles. The van der Waals surface area contributed by atoms with Crippen LogP contribution >= 0.6 is 0 Å². The van der Waals surface area contributed by atoms with E-state index in [-0.39, 0.29) is 23.1 Å². The Labute approximate surface area is 210 Å². The minimum Gasteiger partial charge on any atom is -0.354 e. The summed E-state index contributed by atoms with van der Waals surface area (Å²) in [7, 11) is 0. The smallest absolute Gasteiger partial charge is 0.251 e. The summed E-state index contributed by atoms with van der Waals surface area (Å²) in [5.41, 5.74) is 2.67. The number of carbonyl (C=O) groups excluding carboxylic acids is 2. The second kappa shape index (κ2) is 11.7. The zero-order valence-electron chi connectivity index (χ0n) is 22.1. The normalized spacial score (nSPS) is 15.7. The van der Waals surface area contributed by atoms with Crippen LogP contribution in [0.15, 0.2) is 42.6 Å². The average molecular weight is 480 g/mol. The molecule has 1 aromatic carbocycles. The first-order valence-electron chi connectivity index (χ1n) is 12.7. The molecule has 3 rings (SSSR count). The van der Waals surface area contributed by atoms with Crippen LogP contribution in [0.25, 0.3) is 0 Å². The number of carbonyl (C=O) groups is 2. The van der Waals surface area contributed by atoms with Gasteiger partial charge in [-0.05, 0) is 47.2 Å². The molecule has 0 aliphatic carbocycles. The van der Waals surface area contributed by atoms with Crippen LogP contribution in [-0.2, 0) is 16.8 Å². The first kappa shape index (κ1) is 26.7. The number of likely N-dealkylation sites (N-methyl/N-ethyl adjacent to an activating group) is 1. The van der Waals surface area contributed by atoms with E-state index in [1.54, 1.807) is 0 Å². The minimum absolute atomic E-state index is 0.0203. The van der Waals surface area contributed by atoms with Crippen LogP contribution in [0, 0.1) is 5.92 Å². The number of aromatic nitrogens is 1. The number of hydrogen-bond donors (Lipinski definition) is 2. The Kier molecular flexibility index (Phi) is 8.89. The Balaban J connectivity index is 1.54. The fourth-order valence-electron chi connectivity index (χ4n) is 4.18. The van der Waals surface area contributed by atoms with Gasteiger partial charge in [0.1, 0.15) is 11.9 Å². The first-order valence-corrected chi connectivity index (χ1v) is 12.7. The van der Waals surface area contributed by atoms with Gasteiger partial charge in [0.2, 0.25) is 5.91 Å². The largest absolute Gasteiger partial charge is 0.354 e. The molecule has 1 fully saturated rings. The summed E-state index contributed by atoms with van der Waals surface area (Å²) in [6.45, 7) is 18.0. The van der Waals surface area contributed by atoms with Crippen LogP contribution in [0.1, 0.15) is 63.0 Å². The standard InChI is InChI=1S/C28H41N5O2/c1-7-32-14-16-33(17-15-32)24-13-8-21(18-29-24)19-30-27(35)25(20(2)3)31-26(34)22-9-11-23(12-10-22)28(4,5)6/h8-13,18,20,25H,7,14-17,19H2,1-6H3,(H,30,35)(H,31,34). The molecule has 0 bridgehead atoms. The van der Waals surface area contributed by atoms with E-state index < -0.39 is 6.04 Å². The van der Waals surface area contributed by atoms with Crippen LogP contribution in [0.5, 0.6) is 0 Å². The molecule has 190 valence electrons. The molecule has 1 atom stereocenters. The summed E-state index contributed by atoms with van der Waals surface area (Å²) in [6.07, 6.45) is 1.82. The summed E-state index contributed by atoms with van der Waals surface area (Å²) >= 11 is 0. The minimum atomic E-state index is -0.619.